The first-order chi connectivity index (χ1) is 10.6. The van der Waals surface area contributed by atoms with E-state index in [9.17, 15) is 9.18 Å². The first-order valence-electron chi connectivity index (χ1n) is 7.36. The van der Waals surface area contributed by atoms with Crippen LogP contribution in [-0.4, -0.2) is 26.5 Å². The molecule has 0 bridgehead atoms. The summed E-state index contributed by atoms with van der Waals surface area (Å²) in [7, 11) is 4.02. The Morgan fingerprint density at radius 2 is 1.86 bits per heavy atom. The highest BCUT2D eigenvalue weighted by Gasteiger charge is 2.05. The summed E-state index contributed by atoms with van der Waals surface area (Å²) in [6, 6.07) is 14.1. The molecule has 1 N–H and O–H groups in total. The number of benzene rings is 2. The van der Waals surface area contributed by atoms with Crippen LogP contribution in [0.1, 0.15) is 22.3 Å². The molecule has 2 aromatic carbocycles. The lowest BCUT2D eigenvalue weighted by Gasteiger charge is -2.12. The minimum atomic E-state index is -0.395. The van der Waals surface area contributed by atoms with Gasteiger partial charge in [-0.3, -0.25) is 4.79 Å². The van der Waals surface area contributed by atoms with Gasteiger partial charge in [0.05, 0.1) is 0 Å². The number of halogens is 1. The van der Waals surface area contributed by atoms with Crippen LogP contribution in [0.3, 0.4) is 0 Å². The zero-order valence-corrected chi connectivity index (χ0v) is 13.0. The molecule has 4 heteroatoms. The number of anilines is 1. The number of hydrogen-bond donors (Lipinski definition) is 1. The average Bonchev–Trinajstić information content (AvgIpc) is 2.51. The van der Waals surface area contributed by atoms with E-state index in [4.69, 9.17) is 0 Å². The van der Waals surface area contributed by atoms with Gasteiger partial charge in [0.1, 0.15) is 5.82 Å². The highest BCUT2D eigenvalue weighted by molar-refractivity contribution is 5.94. The molecule has 0 heterocycles. The lowest BCUT2D eigenvalue weighted by molar-refractivity contribution is 0.0953. The van der Waals surface area contributed by atoms with E-state index in [-0.39, 0.29) is 5.91 Å². The second kappa shape index (κ2) is 7.59. The Kier molecular flexibility index (Phi) is 5.53. The van der Waals surface area contributed by atoms with Gasteiger partial charge in [0.25, 0.3) is 5.91 Å². The maximum atomic E-state index is 13.0. The standard InChI is InChI=1S/C18H21FN2O/c1-21(2)17-10-8-14(9-11-17)5-4-12-20-18(22)15-6-3-7-16(19)13-15/h3,6-11,13H,4-5,12H2,1-2H3,(H,20,22). The maximum Gasteiger partial charge on any atom is 0.251 e. The zero-order chi connectivity index (χ0) is 15.9. The number of nitrogens with zero attached hydrogens (tertiary/aromatic N) is 1. The second-order valence-electron chi connectivity index (χ2n) is 5.43. The van der Waals surface area contributed by atoms with Crippen molar-refractivity contribution < 1.29 is 9.18 Å². The number of carbonyl (C=O) groups is 1. The molecule has 0 aliphatic heterocycles. The molecule has 0 aliphatic rings. The predicted octanol–water partition coefficient (Wildman–Crippen LogP) is 3.25. The summed E-state index contributed by atoms with van der Waals surface area (Å²) in [5.41, 5.74) is 2.77. The van der Waals surface area contributed by atoms with Crippen LogP contribution in [0.5, 0.6) is 0 Å². The highest BCUT2D eigenvalue weighted by Crippen LogP contribution is 2.13. The van der Waals surface area contributed by atoms with Crippen molar-refractivity contribution in [1.82, 2.24) is 5.32 Å². The van der Waals surface area contributed by atoms with E-state index in [0.29, 0.717) is 12.1 Å². The molecule has 2 rings (SSSR count). The van der Waals surface area contributed by atoms with Crippen LogP contribution in [0, 0.1) is 5.82 Å². The molecule has 0 aromatic heterocycles. The van der Waals surface area contributed by atoms with Gasteiger partial charge < -0.3 is 10.2 Å². The van der Waals surface area contributed by atoms with Gasteiger partial charge in [0.2, 0.25) is 0 Å². The Morgan fingerprint density at radius 3 is 2.50 bits per heavy atom. The summed E-state index contributed by atoms with van der Waals surface area (Å²) in [5, 5.41) is 2.81. The van der Waals surface area contributed by atoms with E-state index in [0.717, 1.165) is 12.8 Å². The lowest BCUT2D eigenvalue weighted by atomic mass is 10.1. The molecule has 22 heavy (non-hydrogen) atoms. The van der Waals surface area contributed by atoms with Gasteiger partial charge in [-0.05, 0) is 48.7 Å². The normalized spacial score (nSPS) is 10.3. The molecule has 0 unspecified atom stereocenters. The molecule has 2 aromatic rings. The molecule has 0 saturated heterocycles. The number of nitrogens with one attached hydrogen (secondary N) is 1. The van der Waals surface area contributed by atoms with Crippen LogP contribution in [0.4, 0.5) is 10.1 Å². The summed E-state index contributed by atoms with van der Waals surface area (Å²) in [6.07, 6.45) is 1.75. The molecular weight excluding hydrogens is 279 g/mol. The third kappa shape index (κ3) is 4.58. The molecule has 0 spiro atoms. The van der Waals surface area contributed by atoms with E-state index in [2.05, 4.69) is 34.5 Å². The van der Waals surface area contributed by atoms with Crippen LogP contribution in [0.25, 0.3) is 0 Å². The monoisotopic (exact) mass is 300 g/mol. The van der Waals surface area contributed by atoms with E-state index < -0.39 is 5.82 Å². The Morgan fingerprint density at radius 1 is 1.14 bits per heavy atom. The number of hydrogen-bond acceptors (Lipinski definition) is 2. The van der Waals surface area contributed by atoms with Gasteiger partial charge in [0.15, 0.2) is 0 Å². The van der Waals surface area contributed by atoms with Gasteiger partial charge >= 0.3 is 0 Å². The molecule has 1 amide bonds. The zero-order valence-electron chi connectivity index (χ0n) is 13.0. The Bertz CT molecular complexity index is 623. The van der Waals surface area contributed by atoms with Crippen molar-refractivity contribution in [3.8, 4) is 0 Å². The van der Waals surface area contributed by atoms with E-state index in [1.54, 1.807) is 6.07 Å². The Balaban J connectivity index is 1.76. The minimum absolute atomic E-state index is 0.234. The number of aryl methyl sites for hydroxylation is 1. The lowest BCUT2D eigenvalue weighted by Crippen LogP contribution is -2.24. The molecule has 0 atom stereocenters. The van der Waals surface area contributed by atoms with Gasteiger partial charge in [-0.1, -0.05) is 18.2 Å². The van der Waals surface area contributed by atoms with Crippen LogP contribution in [0.15, 0.2) is 48.5 Å². The number of carbonyl (C=O) groups excluding carboxylic acids is 1. The van der Waals surface area contributed by atoms with E-state index in [1.807, 2.05) is 14.1 Å². The van der Waals surface area contributed by atoms with Crippen molar-refractivity contribution >= 4 is 11.6 Å². The van der Waals surface area contributed by atoms with Gasteiger partial charge in [0, 0.05) is 31.9 Å². The molecule has 3 nitrogen and oxygen atoms in total. The van der Waals surface area contributed by atoms with Crippen LogP contribution < -0.4 is 10.2 Å². The van der Waals surface area contributed by atoms with Crippen LogP contribution in [0.2, 0.25) is 0 Å². The smallest absolute Gasteiger partial charge is 0.251 e. The average molecular weight is 300 g/mol. The minimum Gasteiger partial charge on any atom is -0.378 e. The summed E-state index contributed by atoms with van der Waals surface area (Å²) in [4.78, 5) is 13.9. The van der Waals surface area contributed by atoms with Gasteiger partial charge in [-0.25, -0.2) is 4.39 Å². The fraction of sp³-hybridized carbons (Fsp3) is 0.278. The highest BCUT2D eigenvalue weighted by atomic mass is 19.1. The SMILES string of the molecule is CN(C)c1ccc(CCCNC(=O)c2cccc(F)c2)cc1. The second-order valence-corrected chi connectivity index (χ2v) is 5.43. The maximum absolute atomic E-state index is 13.0. The quantitative estimate of drug-likeness (QED) is 0.831. The summed E-state index contributed by atoms with van der Waals surface area (Å²) in [6.45, 7) is 0.574. The summed E-state index contributed by atoms with van der Waals surface area (Å²) in [5.74, 6) is -0.629. The number of amides is 1. The topological polar surface area (TPSA) is 32.3 Å². The predicted molar refractivity (Wildman–Crippen MR) is 87.8 cm³/mol. The van der Waals surface area contributed by atoms with E-state index in [1.165, 1.54) is 29.4 Å². The van der Waals surface area contributed by atoms with Crippen LogP contribution >= 0.6 is 0 Å². The summed E-state index contributed by atoms with van der Waals surface area (Å²) < 4.78 is 13.0. The van der Waals surface area contributed by atoms with Gasteiger partial charge in [-0.2, -0.15) is 0 Å². The van der Waals surface area contributed by atoms with Crippen molar-refractivity contribution in [1.29, 1.82) is 0 Å². The van der Waals surface area contributed by atoms with Crippen molar-refractivity contribution in [3.63, 3.8) is 0 Å². The molecule has 0 aliphatic carbocycles. The number of rotatable bonds is 6. The molecule has 0 radical (unpaired) electrons. The Labute approximate surface area is 130 Å². The molecule has 116 valence electrons. The largest absolute Gasteiger partial charge is 0.378 e. The Hall–Kier alpha value is -2.36. The van der Waals surface area contributed by atoms with Gasteiger partial charge in [-0.15, -0.1) is 0 Å². The van der Waals surface area contributed by atoms with E-state index >= 15 is 0 Å². The first kappa shape index (κ1) is 16.0. The van der Waals surface area contributed by atoms with Crippen molar-refractivity contribution in [2.24, 2.45) is 0 Å². The molecule has 0 fully saturated rings. The fourth-order valence-electron chi connectivity index (χ4n) is 2.19. The molecular formula is C18H21FN2O. The third-order valence-electron chi connectivity index (χ3n) is 3.47. The van der Waals surface area contributed by atoms with Crippen LogP contribution in [-0.2, 0) is 6.42 Å². The first-order valence-corrected chi connectivity index (χ1v) is 7.36. The third-order valence-corrected chi connectivity index (χ3v) is 3.47. The summed E-state index contributed by atoms with van der Waals surface area (Å²) >= 11 is 0. The van der Waals surface area contributed by atoms with Crippen molar-refractivity contribution in [2.75, 3.05) is 25.5 Å². The van der Waals surface area contributed by atoms with Crippen molar-refractivity contribution in [2.45, 2.75) is 12.8 Å². The fourth-order valence-corrected chi connectivity index (χ4v) is 2.19. The van der Waals surface area contributed by atoms with Crippen molar-refractivity contribution in [3.05, 3.63) is 65.5 Å². The molecule has 0 saturated carbocycles.